The monoisotopic (exact) mass is 206 g/mol. The summed E-state index contributed by atoms with van der Waals surface area (Å²) in [5.41, 5.74) is 0.526. The first-order valence-electron chi connectivity index (χ1n) is 6.92. The molecule has 2 aliphatic rings. The van der Waals surface area contributed by atoms with Crippen LogP contribution in [0.4, 0.5) is 0 Å². The molecule has 0 aromatic carbocycles. The molecule has 2 fully saturated rings. The van der Waals surface area contributed by atoms with Crippen LogP contribution < -0.4 is 0 Å². The van der Waals surface area contributed by atoms with E-state index >= 15 is 0 Å². The van der Waals surface area contributed by atoms with E-state index in [1.54, 1.807) is 0 Å². The highest BCUT2D eigenvalue weighted by Gasteiger charge is 2.40. The van der Waals surface area contributed by atoms with Crippen LogP contribution in [-0.2, 0) is 0 Å². The quantitative estimate of drug-likeness (QED) is 0.561. The van der Waals surface area contributed by atoms with Gasteiger partial charge < -0.3 is 0 Å². The average Bonchev–Trinajstić information content (AvgIpc) is 2.30. The summed E-state index contributed by atoms with van der Waals surface area (Å²) in [7, 11) is 0. The molecule has 0 bridgehead atoms. The Kier molecular flexibility index (Phi) is 3.53. The molecule has 0 amide bonds. The Hall–Kier alpha value is -0.260. The summed E-state index contributed by atoms with van der Waals surface area (Å²) in [6, 6.07) is 0. The Morgan fingerprint density at radius 3 is 2.27 bits per heavy atom. The summed E-state index contributed by atoms with van der Waals surface area (Å²) in [6.45, 7) is 6.64. The maximum Gasteiger partial charge on any atom is -0.00901 e. The molecule has 0 nitrogen and oxygen atoms in total. The van der Waals surface area contributed by atoms with Gasteiger partial charge in [-0.1, -0.05) is 51.5 Å². The van der Waals surface area contributed by atoms with Crippen LogP contribution in [0.5, 0.6) is 0 Å². The third kappa shape index (κ3) is 2.14. The lowest BCUT2D eigenvalue weighted by Crippen LogP contribution is -2.36. The van der Waals surface area contributed by atoms with Crippen LogP contribution in [0.1, 0.15) is 64.7 Å². The van der Waals surface area contributed by atoms with Crippen LogP contribution in [-0.4, -0.2) is 0 Å². The zero-order valence-corrected chi connectivity index (χ0v) is 10.3. The van der Waals surface area contributed by atoms with E-state index in [-0.39, 0.29) is 0 Å². The molecule has 2 rings (SSSR count). The van der Waals surface area contributed by atoms with Gasteiger partial charge in [0.05, 0.1) is 0 Å². The number of hydrogen-bond donors (Lipinski definition) is 0. The van der Waals surface area contributed by atoms with Crippen molar-refractivity contribution in [3.63, 3.8) is 0 Å². The van der Waals surface area contributed by atoms with Crippen LogP contribution in [0.15, 0.2) is 12.7 Å². The van der Waals surface area contributed by atoms with E-state index in [0.29, 0.717) is 5.41 Å². The van der Waals surface area contributed by atoms with Crippen LogP contribution in [0, 0.1) is 17.3 Å². The summed E-state index contributed by atoms with van der Waals surface area (Å²) in [5, 5.41) is 0. The van der Waals surface area contributed by atoms with Gasteiger partial charge in [0, 0.05) is 0 Å². The van der Waals surface area contributed by atoms with E-state index in [4.69, 9.17) is 0 Å². The van der Waals surface area contributed by atoms with Crippen molar-refractivity contribution in [1.82, 2.24) is 0 Å². The van der Waals surface area contributed by atoms with Gasteiger partial charge in [-0.2, -0.15) is 0 Å². The summed E-state index contributed by atoms with van der Waals surface area (Å²) in [4.78, 5) is 0. The van der Waals surface area contributed by atoms with E-state index < -0.39 is 0 Å². The maximum absolute atomic E-state index is 4.17. The van der Waals surface area contributed by atoms with Gasteiger partial charge >= 0.3 is 0 Å². The Morgan fingerprint density at radius 2 is 1.67 bits per heavy atom. The first-order chi connectivity index (χ1) is 7.28. The molecule has 2 atom stereocenters. The molecule has 0 aliphatic heterocycles. The topological polar surface area (TPSA) is 0 Å². The van der Waals surface area contributed by atoms with E-state index in [0.717, 1.165) is 11.8 Å². The Bertz CT molecular complexity index is 210. The zero-order valence-electron chi connectivity index (χ0n) is 10.3. The van der Waals surface area contributed by atoms with Gasteiger partial charge in [-0.15, -0.1) is 6.58 Å². The van der Waals surface area contributed by atoms with E-state index in [1.807, 2.05) is 0 Å². The third-order valence-corrected chi connectivity index (χ3v) is 5.04. The van der Waals surface area contributed by atoms with Crippen molar-refractivity contribution in [2.45, 2.75) is 64.7 Å². The Morgan fingerprint density at radius 1 is 1.00 bits per heavy atom. The van der Waals surface area contributed by atoms with Crippen molar-refractivity contribution < 1.29 is 0 Å². The largest absolute Gasteiger partial charge is 0.103 e. The van der Waals surface area contributed by atoms with Crippen molar-refractivity contribution in [1.29, 1.82) is 0 Å². The van der Waals surface area contributed by atoms with E-state index in [1.165, 1.54) is 57.8 Å². The number of rotatable bonds is 2. The lowest BCUT2D eigenvalue weighted by atomic mass is 9.59. The van der Waals surface area contributed by atoms with Gasteiger partial charge in [-0.25, -0.2) is 0 Å². The van der Waals surface area contributed by atoms with Gasteiger partial charge in [-0.3, -0.25) is 0 Å². The molecule has 2 unspecified atom stereocenters. The molecule has 86 valence electrons. The third-order valence-electron chi connectivity index (χ3n) is 5.04. The minimum Gasteiger partial charge on any atom is -0.103 e. The summed E-state index contributed by atoms with van der Waals surface area (Å²) < 4.78 is 0. The van der Waals surface area contributed by atoms with Crippen molar-refractivity contribution in [3.05, 3.63) is 12.7 Å². The molecule has 0 radical (unpaired) electrons. The normalized spacial score (nSPS) is 36.1. The molecular weight excluding hydrogens is 180 g/mol. The summed E-state index contributed by atoms with van der Waals surface area (Å²) in [5.74, 6) is 1.89. The van der Waals surface area contributed by atoms with Crippen LogP contribution in [0.3, 0.4) is 0 Å². The molecule has 2 aliphatic carbocycles. The van der Waals surface area contributed by atoms with E-state index in [9.17, 15) is 0 Å². The minimum atomic E-state index is 0.526. The SMILES string of the molecule is C=CC1(C2CCCCC2C)CCCCC1. The number of hydrogen-bond acceptors (Lipinski definition) is 0. The first kappa shape index (κ1) is 11.2. The van der Waals surface area contributed by atoms with Crippen molar-refractivity contribution in [2.24, 2.45) is 17.3 Å². The predicted octanol–water partition coefficient (Wildman–Crippen LogP) is 4.95. The van der Waals surface area contributed by atoms with Gasteiger partial charge in [0.25, 0.3) is 0 Å². The van der Waals surface area contributed by atoms with Gasteiger partial charge in [0.1, 0.15) is 0 Å². The van der Waals surface area contributed by atoms with Gasteiger partial charge in [-0.05, 0) is 36.5 Å². The highest BCUT2D eigenvalue weighted by atomic mass is 14.4. The zero-order chi connectivity index (χ0) is 10.7. The standard InChI is InChI=1S/C15H26/c1-3-15(11-7-4-8-12-15)14-10-6-5-9-13(14)2/h3,13-14H,1,4-12H2,2H3. The molecule has 0 N–H and O–H groups in total. The fourth-order valence-corrected chi connectivity index (χ4v) is 4.11. The lowest BCUT2D eigenvalue weighted by Gasteiger charge is -2.46. The van der Waals surface area contributed by atoms with Crippen LogP contribution in [0.2, 0.25) is 0 Å². The molecule has 0 heteroatoms. The highest BCUT2D eigenvalue weighted by molar-refractivity contribution is 5.02. The van der Waals surface area contributed by atoms with E-state index in [2.05, 4.69) is 19.6 Å². The smallest absolute Gasteiger partial charge is 0.00901 e. The fourth-order valence-electron chi connectivity index (χ4n) is 4.11. The molecule has 2 saturated carbocycles. The molecule has 15 heavy (non-hydrogen) atoms. The minimum absolute atomic E-state index is 0.526. The molecule has 0 spiro atoms. The first-order valence-corrected chi connectivity index (χ1v) is 6.92. The molecule has 0 heterocycles. The average molecular weight is 206 g/mol. The predicted molar refractivity (Wildman–Crippen MR) is 66.8 cm³/mol. The summed E-state index contributed by atoms with van der Waals surface area (Å²) >= 11 is 0. The van der Waals surface area contributed by atoms with Gasteiger partial charge in [0.15, 0.2) is 0 Å². The molecule has 0 aromatic rings. The second-order valence-corrected chi connectivity index (χ2v) is 5.87. The van der Waals surface area contributed by atoms with Crippen molar-refractivity contribution >= 4 is 0 Å². The van der Waals surface area contributed by atoms with Gasteiger partial charge in [0.2, 0.25) is 0 Å². The van der Waals surface area contributed by atoms with Crippen LogP contribution >= 0.6 is 0 Å². The fraction of sp³-hybridized carbons (Fsp3) is 0.867. The van der Waals surface area contributed by atoms with Crippen LogP contribution in [0.25, 0.3) is 0 Å². The number of allylic oxidation sites excluding steroid dienone is 1. The van der Waals surface area contributed by atoms with Crippen molar-refractivity contribution in [3.8, 4) is 0 Å². The molecule has 0 saturated heterocycles. The Balaban J connectivity index is 2.12. The second kappa shape index (κ2) is 4.72. The van der Waals surface area contributed by atoms with Crippen molar-refractivity contribution in [2.75, 3.05) is 0 Å². The highest BCUT2D eigenvalue weighted by Crippen LogP contribution is 2.50. The summed E-state index contributed by atoms with van der Waals surface area (Å²) in [6.07, 6.45) is 15.4. The molecule has 0 aromatic heterocycles. The second-order valence-electron chi connectivity index (χ2n) is 5.87. The lowest BCUT2D eigenvalue weighted by molar-refractivity contribution is 0.0753. The molecular formula is C15H26. The Labute approximate surface area is 95.1 Å². The maximum atomic E-state index is 4.17.